The first-order valence-corrected chi connectivity index (χ1v) is 20.1. The Labute approximate surface area is 334 Å². The number of benzene rings is 1. The van der Waals surface area contributed by atoms with Gasteiger partial charge in [0, 0.05) is 41.9 Å². The molecular formula is C52H46N3P. The Morgan fingerprint density at radius 3 is 2.75 bits per heavy atom. The lowest BCUT2D eigenvalue weighted by atomic mass is 9.89. The van der Waals surface area contributed by atoms with Crippen molar-refractivity contribution in [3.05, 3.63) is 227 Å². The number of terminal acetylenes is 1. The first-order chi connectivity index (χ1) is 27.6. The molecule has 1 aliphatic heterocycles. The highest BCUT2D eigenvalue weighted by molar-refractivity contribution is 7.39. The molecule has 56 heavy (non-hydrogen) atoms. The van der Waals surface area contributed by atoms with Gasteiger partial charge in [0.05, 0.1) is 23.6 Å². The molecule has 3 aliphatic carbocycles. The predicted molar refractivity (Wildman–Crippen MR) is 243 cm³/mol. The quantitative estimate of drug-likeness (QED) is 0.0841. The molecule has 0 spiro atoms. The second-order valence-electron chi connectivity index (χ2n) is 13.2. The fourth-order valence-electron chi connectivity index (χ4n) is 7.01. The Balaban J connectivity index is 1.52. The molecule has 0 saturated carbocycles. The molecule has 0 radical (unpaired) electrons. The lowest BCUT2D eigenvalue weighted by Gasteiger charge is -2.26. The number of hydrogen-bond donors (Lipinski definition) is 0. The third kappa shape index (κ3) is 9.77. The average molecular weight is 744 g/mol. The van der Waals surface area contributed by atoms with Crippen molar-refractivity contribution >= 4 is 37.1 Å². The maximum atomic E-state index is 6.19. The summed E-state index contributed by atoms with van der Waals surface area (Å²) in [6.07, 6.45) is 48.8. The smallest absolute Gasteiger partial charge is 0.0714 e. The molecule has 1 aromatic carbocycles. The van der Waals surface area contributed by atoms with Gasteiger partial charge in [0.2, 0.25) is 0 Å². The van der Waals surface area contributed by atoms with E-state index in [9.17, 15) is 0 Å². The standard InChI is InChI=1S/C52H46N3P/c1-5-21-41-24-13-10-9-12-23-40(7-3)45(41)34-36-55-39-56-38-44(47-26-14-11-15-28-49(47)51-30-18-19-35-54-51)33-32-43-37-42(25-20-31-52(43)55)46-27-16-17-29-48(46)50(22-6-2)53-8-4/h3,5-6,8-12,14,16-19,21-23,25-31,33-35,37-38,40H,1-2,13,24,32,36,39H2,4H3/b10-9-,23-12-,41-21-,44-33+,45-34-,50-22-,53-8?. The minimum atomic E-state index is -0.149. The zero-order valence-corrected chi connectivity index (χ0v) is 32.9. The third-order valence-electron chi connectivity index (χ3n) is 9.63. The van der Waals surface area contributed by atoms with E-state index < -0.39 is 0 Å². The van der Waals surface area contributed by atoms with Crippen LogP contribution < -0.4 is 0 Å². The molecule has 2 heterocycles. The maximum Gasteiger partial charge on any atom is 0.0714 e. The van der Waals surface area contributed by atoms with Crippen LogP contribution in [-0.4, -0.2) is 34.7 Å². The van der Waals surface area contributed by atoms with Crippen molar-refractivity contribution in [2.24, 2.45) is 10.9 Å². The summed E-state index contributed by atoms with van der Waals surface area (Å²) >= 11 is 0. The van der Waals surface area contributed by atoms with E-state index >= 15 is 0 Å². The van der Waals surface area contributed by atoms with Gasteiger partial charge in [0.1, 0.15) is 0 Å². The van der Waals surface area contributed by atoms with Crippen LogP contribution in [0.1, 0.15) is 43.0 Å². The van der Waals surface area contributed by atoms with Gasteiger partial charge < -0.3 is 4.90 Å². The van der Waals surface area contributed by atoms with Crippen LogP contribution in [0.4, 0.5) is 0 Å². The van der Waals surface area contributed by atoms with E-state index in [1.165, 1.54) is 11.1 Å². The van der Waals surface area contributed by atoms with E-state index in [2.05, 4.69) is 144 Å². The second kappa shape index (κ2) is 20.2. The minimum Gasteiger partial charge on any atom is -0.359 e. The zero-order valence-electron chi connectivity index (χ0n) is 32.0. The SMILES string of the molecule is C#CC1/C=C\C=C/CCC(=C/C=C)/C1=C\CN1CP=C/C(C2=C(c3ccccn3)C=C=CC=C2)=C\CC2=C1C=C=CC(c1ccccc1/C(=C/C=C)N=CC)=C2. The summed E-state index contributed by atoms with van der Waals surface area (Å²) in [7, 11) is 1.15. The summed E-state index contributed by atoms with van der Waals surface area (Å²) in [5.74, 6) is 5.24. The van der Waals surface area contributed by atoms with Crippen molar-refractivity contribution in [1.82, 2.24) is 9.88 Å². The van der Waals surface area contributed by atoms with Gasteiger partial charge in [-0.1, -0.05) is 124 Å². The molecule has 0 saturated heterocycles. The van der Waals surface area contributed by atoms with E-state index in [0.29, 0.717) is 13.0 Å². The molecule has 6 rings (SSSR count). The van der Waals surface area contributed by atoms with E-state index in [1.807, 2.05) is 55.8 Å². The van der Waals surface area contributed by atoms with Crippen molar-refractivity contribution in [1.29, 1.82) is 0 Å². The van der Waals surface area contributed by atoms with Crippen LogP contribution in [0.25, 0.3) is 16.8 Å². The van der Waals surface area contributed by atoms with Gasteiger partial charge in [-0.05, 0) is 113 Å². The highest BCUT2D eigenvalue weighted by Crippen LogP contribution is 2.35. The number of rotatable bonds is 9. The van der Waals surface area contributed by atoms with Crippen LogP contribution >= 0.6 is 8.20 Å². The molecule has 0 amide bonds. The Kier molecular flexibility index (Phi) is 14.2. The van der Waals surface area contributed by atoms with Crippen LogP contribution in [0.5, 0.6) is 0 Å². The van der Waals surface area contributed by atoms with Crippen molar-refractivity contribution in [3.63, 3.8) is 0 Å². The van der Waals surface area contributed by atoms with Gasteiger partial charge in [-0.25, -0.2) is 0 Å². The number of allylic oxidation sites excluding steroid dienone is 21. The highest BCUT2D eigenvalue weighted by Gasteiger charge is 2.20. The van der Waals surface area contributed by atoms with E-state index in [0.717, 1.165) is 83.4 Å². The summed E-state index contributed by atoms with van der Waals surface area (Å²) in [5, 5.41) is 0. The monoisotopic (exact) mass is 743 g/mol. The Hall–Kier alpha value is -6.51. The lowest BCUT2D eigenvalue weighted by Crippen LogP contribution is -2.23. The summed E-state index contributed by atoms with van der Waals surface area (Å²) in [6.45, 7) is 10.6. The fraction of sp³-hybridized carbons (Fsp3) is 0.135. The summed E-state index contributed by atoms with van der Waals surface area (Å²) in [5.41, 5.74) is 19.8. The van der Waals surface area contributed by atoms with Crippen LogP contribution in [0.15, 0.2) is 215 Å². The Morgan fingerprint density at radius 2 is 1.93 bits per heavy atom. The predicted octanol–water partition coefficient (Wildman–Crippen LogP) is 12.3. The maximum absolute atomic E-state index is 6.19. The molecule has 0 bridgehead atoms. The molecule has 1 atom stereocenters. The molecule has 4 heteroatoms. The molecule has 4 aliphatic rings. The van der Waals surface area contributed by atoms with Crippen LogP contribution in [0.2, 0.25) is 0 Å². The molecule has 1 aromatic heterocycles. The number of aromatic nitrogens is 1. The van der Waals surface area contributed by atoms with Crippen molar-refractivity contribution in [2.45, 2.75) is 26.2 Å². The normalized spacial score (nSPS) is 22.4. The fourth-order valence-corrected chi connectivity index (χ4v) is 8.00. The van der Waals surface area contributed by atoms with Crippen molar-refractivity contribution in [3.8, 4) is 12.3 Å². The lowest BCUT2D eigenvalue weighted by molar-refractivity contribution is 0.455. The summed E-state index contributed by atoms with van der Waals surface area (Å²) in [4.78, 5) is 11.9. The van der Waals surface area contributed by atoms with Crippen LogP contribution in [-0.2, 0) is 0 Å². The minimum absolute atomic E-state index is 0.149. The van der Waals surface area contributed by atoms with Gasteiger partial charge in [-0.3, -0.25) is 9.98 Å². The number of hydrogen-bond acceptors (Lipinski definition) is 3. The van der Waals surface area contributed by atoms with E-state index in [1.54, 1.807) is 6.08 Å². The van der Waals surface area contributed by atoms with Crippen LogP contribution in [0, 0.1) is 18.3 Å². The number of pyridine rings is 1. The van der Waals surface area contributed by atoms with Gasteiger partial charge >= 0.3 is 0 Å². The highest BCUT2D eigenvalue weighted by atomic mass is 31.1. The topological polar surface area (TPSA) is 28.5 Å². The molecular weight excluding hydrogens is 698 g/mol. The van der Waals surface area contributed by atoms with Crippen LogP contribution in [0.3, 0.4) is 0 Å². The molecule has 2 aromatic rings. The van der Waals surface area contributed by atoms with Gasteiger partial charge in [-0.2, -0.15) is 0 Å². The molecule has 0 fully saturated rings. The van der Waals surface area contributed by atoms with Gasteiger partial charge in [0.25, 0.3) is 0 Å². The average Bonchev–Trinajstić information content (AvgIpc) is 3.53. The van der Waals surface area contributed by atoms with Crippen molar-refractivity contribution < 1.29 is 0 Å². The van der Waals surface area contributed by atoms with E-state index in [-0.39, 0.29) is 5.92 Å². The van der Waals surface area contributed by atoms with E-state index in [4.69, 9.17) is 16.4 Å². The molecule has 274 valence electrons. The van der Waals surface area contributed by atoms with Gasteiger partial charge in [-0.15, -0.1) is 17.9 Å². The zero-order chi connectivity index (χ0) is 39.0. The Morgan fingerprint density at radius 1 is 1.04 bits per heavy atom. The second-order valence-corrected chi connectivity index (χ2v) is 14.1. The first kappa shape index (κ1) is 39.2. The summed E-state index contributed by atoms with van der Waals surface area (Å²) < 4.78 is 0. The Bertz CT molecular complexity index is 2400. The summed E-state index contributed by atoms with van der Waals surface area (Å²) in [6, 6.07) is 14.4. The number of nitrogens with zero attached hydrogens (tertiary/aromatic N) is 3. The number of aliphatic imine (C=N–C) groups is 1. The van der Waals surface area contributed by atoms with Gasteiger partial charge in [0.15, 0.2) is 0 Å². The first-order valence-electron chi connectivity index (χ1n) is 18.9. The third-order valence-corrected chi connectivity index (χ3v) is 10.6. The molecule has 3 nitrogen and oxygen atoms in total. The molecule has 0 N–H and O–H groups in total. The largest absolute Gasteiger partial charge is 0.359 e. The van der Waals surface area contributed by atoms with Crippen molar-refractivity contribution in [2.75, 3.05) is 12.8 Å². The molecule has 1 unspecified atom stereocenters.